The van der Waals surface area contributed by atoms with Crippen LogP contribution in [0.25, 0.3) is 0 Å². The summed E-state index contributed by atoms with van der Waals surface area (Å²) in [5, 5.41) is 9.55. The number of hydrogen-bond donors (Lipinski definition) is 3. The number of halogens is 1. The Kier molecular flexibility index (Phi) is 5.82. The number of sulfonamides is 1. The van der Waals surface area contributed by atoms with Crippen LogP contribution in [0.4, 0.5) is 5.69 Å². The predicted molar refractivity (Wildman–Crippen MR) is 81.2 cm³/mol. The van der Waals surface area contributed by atoms with Crippen molar-refractivity contribution in [1.82, 2.24) is 4.72 Å². The molecule has 5 nitrogen and oxygen atoms in total. The van der Waals surface area contributed by atoms with Crippen LogP contribution >= 0.6 is 11.6 Å². The summed E-state index contributed by atoms with van der Waals surface area (Å²) < 4.78 is 27.1. The Morgan fingerprint density at radius 3 is 2.40 bits per heavy atom. The summed E-state index contributed by atoms with van der Waals surface area (Å²) >= 11 is 5.92. The molecule has 1 aromatic rings. The molecule has 1 aromatic carbocycles. The second-order valence-electron chi connectivity index (χ2n) is 4.85. The molecular weight excluding hydrogens is 300 g/mol. The van der Waals surface area contributed by atoms with Gasteiger partial charge in [0.15, 0.2) is 0 Å². The fourth-order valence-corrected chi connectivity index (χ4v) is 3.74. The molecule has 0 amide bonds. The van der Waals surface area contributed by atoms with E-state index in [9.17, 15) is 13.5 Å². The van der Waals surface area contributed by atoms with E-state index in [1.807, 2.05) is 13.8 Å². The van der Waals surface area contributed by atoms with E-state index in [1.54, 1.807) is 6.07 Å². The molecule has 0 aliphatic carbocycles. The van der Waals surface area contributed by atoms with Crippen LogP contribution in [0.1, 0.15) is 26.7 Å². The van der Waals surface area contributed by atoms with Gasteiger partial charge in [0, 0.05) is 18.6 Å². The van der Waals surface area contributed by atoms with E-state index in [-0.39, 0.29) is 28.8 Å². The van der Waals surface area contributed by atoms with Gasteiger partial charge in [-0.15, -0.1) is 0 Å². The van der Waals surface area contributed by atoms with Gasteiger partial charge >= 0.3 is 0 Å². The summed E-state index contributed by atoms with van der Waals surface area (Å²) in [6, 6.07) is 4.55. The number of aliphatic hydroxyl groups is 1. The SMILES string of the molecule is CCC(CC)(CO)CNS(=O)(=O)c1c(N)cccc1Cl. The molecule has 0 unspecified atom stereocenters. The smallest absolute Gasteiger partial charge is 0.244 e. The quantitative estimate of drug-likeness (QED) is 0.670. The molecule has 0 aliphatic heterocycles. The van der Waals surface area contributed by atoms with Crippen molar-refractivity contribution in [3.05, 3.63) is 23.2 Å². The van der Waals surface area contributed by atoms with Crippen LogP contribution in [0, 0.1) is 5.41 Å². The van der Waals surface area contributed by atoms with Gasteiger partial charge < -0.3 is 10.8 Å². The summed E-state index contributed by atoms with van der Waals surface area (Å²) in [6.07, 6.45) is 1.33. The fourth-order valence-electron chi connectivity index (χ4n) is 1.91. The standard InChI is InChI=1S/C13H21ClN2O3S/c1-3-13(4-2,9-17)8-16-20(18,19)12-10(14)6-5-7-11(12)15/h5-7,16-17H,3-4,8-9,15H2,1-2H3. The number of hydrogen-bond acceptors (Lipinski definition) is 4. The summed E-state index contributed by atoms with van der Waals surface area (Å²) in [5.41, 5.74) is 5.33. The summed E-state index contributed by atoms with van der Waals surface area (Å²) in [4.78, 5) is -0.110. The Morgan fingerprint density at radius 2 is 1.95 bits per heavy atom. The summed E-state index contributed by atoms with van der Waals surface area (Å²) in [5.74, 6) is 0. The lowest BCUT2D eigenvalue weighted by Gasteiger charge is -2.29. The van der Waals surface area contributed by atoms with Gasteiger partial charge in [0.1, 0.15) is 4.90 Å². The van der Waals surface area contributed by atoms with Crippen molar-refractivity contribution in [3.63, 3.8) is 0 Å². The third-order valence-corrected chi connectivity index (χ3v) is 5.68. The van der Waals surface area contributed by atoms with Crippen LogP contribution in [0.5, 0.6) is 0 Å². The molecule has 0 bridgehead atoms. The van der Waals surface area contributed by atoms with Crippen LogP contribution in [0.2, 0.25) is 5.02 Å². The van der Waals surface area contributed by atoms with Crippen molar-refractivity contribution in [2.24, 2.45) is 5.41 Å². The van der Waals surface area contributed by atoms with Crippen LogP contribution in [-0.2, 0) is 10.0 Å². The van der Waals surface area contributed by atoms with Gasteiger partial charge in [0.2, 0.25) is 10.0 Å². The zero-order valence-electron chi connectivity index (χ0n) is 11.7. The maximum absolute atomic E-state index is 12.3. The fraction of sp³-hybridized carbons (Fsp3) is 0.538. The largest absolute Gasteiger partial charge is 0.398 e. The molecule has 0 heterocycles. The van der Waals surface area contributed by atoms with Crippen molar-refractivity contribution in [2.75, 3.05) is 18.9 Å². The van der Waals surface area contributed by atoms with Crippen molar-refractivity contribution < 1.29 is 13.5 Å². The zero-order chi connectivity index (χ0) is 15.4. The van der Waals surface area contributed by atoms with Gasteiger partial charge in [-0.2, -0.15) is 0 Å². The first-order chi connectivity index (χ1) is 9.32. The highest BCUT2D eigenvalue weighted by Crippen LogP contribution is 2.29. The van der Waals surface area contributed by atoms with Crippen LogP contribution in [-0.4, -0.2) is 26.7 Å². The highest BCUT2D eigenvalue weighted by molar-refractivity contribution is 7.89. The molecule has 0 fully saturated rings. The molecule has 0 saturated heterocycles. The molecule has 0 spiro atoms. The maximum atomic E-state index is 12.3. The summed E-state index contributed by atoms with van der Waals surface area (Å²) in [7, 11) is -3.80. The van der Waals surface area contributed by atoms with Crippen molar-refractivity contribution in [3.8, 4) is 0 Å². The number of nitrogens with two attached hydrogens (primary N) is 1. The molecular formula is C13H21ClN2O3S. The summed E-state index contributed by atoms with van der Waals surface area (Å²) in [6.45, 7) is 3.89. The van der Waals surface area contributed by atoms with Crippen LogP contribution in [0.3, 0.4) is 0 Å². The molecule has 114 valence electrons. The minimum absolute atomic E-state index is 0.0828. The highest BCUT2D eigenvalue weighted by atomic mass is 35.5. The monoisotopic (exact) mass is 320 g/mol. The van der Waals surface area contributed by atoms with E-state index < -0.39 is 15.4 Å². The number of benzene rings is 1. The van der Waals surface area contributed by atoms with Gasteiger partial charge in [-0.1, -0.05) is 31.5 Å². The number of rotatable bonds is 7. The van der Waals surface area contributed by atoms with Gasteiger partial charge in [-0.05, 0) is 25.0 Å². The average Bonchev–Trinajstić information content (AvgIpc) is 2.40. The Hall–Kier alpha value is -0.820. The molecule has 0 atom stereocenters. The lowest BCUT2D eigenvalue weighted by Crippen LogP contribution is -2.39. The average molecular weight is 321 g/mol. The molecule has 0 saturated carbocycles. The number of nitrogen functional groups attached to an aromatic ring is 1. The van der Waals surface area contributed by atoms with E-state index in [0.717, 1.165) is 0 Å². The van der Waals surface area contributed by atoms with Crippen LogP contribution < -0.4 is 10.5 Å². The van der Waals surface area contributed by atoms with Gasteiger partial charge in [0.05, 0.1) is 10.7 Å². The van der Waals surface area contributed by atoms with E-state index in [1.165, 1.54) is 12.1 Å². The Labute approximate surface area is 125 Å². The Bertz CT molecular complexity index is 528. The van der Waals surface area contributed by atoms with Gasteiger partial charge in [0.25, 0.3) is 0 Å². The normalized spacial score (nSPS) is 12.6. The predicted octanol–water partition coefficient (Wildman–Crippen LogP) is 2.00. The zero-order valence-corrected chi connectivity index (χ0v) is 13.3. The first-order valence-electron chi connectivity index (χ1n) is 6.46. The molecule has 1 rings (SSSR count). The Balaban J connectivity index is 3.02. The topological polar surface area (TPSA) is 92.4 Å². The number of nitrogens with one attached hydrogen (secondary N) is 1. The second-order valence-corrected chi connectivity index (χ2v) is 6.96. The second kappa shape index (κ2) is 6.76. The third-order valence-electron chi connectivity index (χ3n) is 3.74. The van der Waals surface area contributed by atoms with Crippen molar-refractivity contribution in [2.45, 2.75) is 31.6 Å². The van der Waals surface area contributed by atoms with E-state index in [0.29, 0.717) is 12.8 Å². The third kappa shape index (κ3) is 3.63. The molecule has 0 radical (unpaired) electrons. The number of anilines is 1. The van der Waals surface area contributed by atoms with E-state index in [4.69, 9.17) is 17.3 Å². The molecule has 0 aliphatic rings. The molecule has 7 heteroatoms. The molecule has 0 aromatic heterocycles. The van der Waals surface area contributed by atoms with Crippen molar-refractivity contribution in [1.29, 1.82) is 0 Å². The molecule has 20 heavy (non-hydrogen) atoms. The highest BCUT2D eigenvalue weighted by Gasteiger charge is 2.29. The number of aliphatic hydroxyl groups excluding tert-OH is 1. The van der Waals surface area contributed by atoms with Crippen molar-refractivity contribution >= 4 is 27.3 Å². The minimum atomic E-state index is -3.80. The first kappa shape index (κ1) is 17.2. The van der Waals surface area contributed by atoms with Crippen LogP contribution in [0.15, 0.2) is 23.1 Å². The van der Waals surface area contributed by atoms with E-state index in [2.05, 4.69) is 4.72 Å². The maximum Gasteiger partial charge on any atom is 0.244 e. The van der Waals surface area contributed by atoms with E-state index >= 15 is 0 Å². The lowest BCUT2D eigenvalue weighted by molar-refractivity contribution is 0.119. The lowest BCUT2D eigenvalue weighted by atomic mass is 9.84. The Morgan fingerprint density at radius 1 is 1.35 bits per heavy atom. The molecule has 4 N–H and O–H groups in total. The van der Waals surface area contributed by atoms with Gasteiger partial charge in [-0.25, -0.2) is 13.1 Å². The minimum Gasteiger partial charge on any atom is -0.398 e. The van der Waals surface area contributed by atoms with Gasteiger partial charge in [-0.3, -0.25) is 0 Å². The first-order valence-corrected chi connectivity index (χ1v) is 8.32.